The third-order valence-corrected chi connectivity index (χ3v) is 4.74. The van der Waals surface area contributed by atoms with Crippen molar-refractivity contribution in [2.75, 3.05) is 18.0 Å². The molecule has 0 N–H and O–H groups in total. The van der Waals surface area contributed by atoms with Crippen LogP contribution in [0.25, 0.3) is 5.69 Å². The molecule has 3 heterocycles. The maximum atomic E-state index is 4.81. The molecule has 0 saturated carbocycles. The first kappa shape index (κ1) is 16.5. The van der Waals surface area contributed by atoms with Gasteiger partial charge in [0.05, 0.1) is 23.2 Å². The monoisotopic (exact) mass is 349 g/mol. The molecule has 1 saturated heterocycles. The van der Waals surface area contributed by atoms with Crippen molar-refractivity contribution in [1.82, 2.24) is 24.7 Å². The zero-order valence-corrected chi connectivity index (χ0v) is 15.4. The van der Waals surface area contributed by atoms with Crippen LogP contribution in [-0.2, 0) is 0 Å². The lowest BCUT2D eigenvalue weighted by molar-refractivity contribution is 0.798. The minimum Gasteiger partial charge on any atom is -0.356 e. The largest absolute Gasteiger partial charge is 0.356 e. The lowest BCUT2D eigenvalue weighted by atomic mass is 10.2. The fraction of sp³-hybridized carbons (Fsp3) is 0.368. The standard InChI is InChI=1S/C19H23N7/c1-14-18(13-20-25-15(2)21-22-16(25)3)19(24-11-7-8-12-24)26(23-14)17-9-5-4-6-10-17/h4-6,9-10,13H,7-8,11-12H2,1-3H3/b20-13+. The molecule has 0 amide bonds. The van der Waals surface area contributed by atoms with Crippen molar-refractivity contribution in [2.24, 2.45) is 5.10 Å². The molecule has 2 aromatic heterocycles. The summed E-state index contributed by atoms with van der Waals surface area (Å²) < 4.78 is 3.79. The molecule has 1 aliphatic rings. The van der Waals surface area contributed by atoms with Crippen molar-refractivity contribution < 1.29 is 0 Å². The van der Waals surface area contributed by atoms with Crippen LogP contribution in [-0.4, -0.2) is 44.0 Å². The molecule has 1 fully saturated rings. The van der Waals surface area contributed by atoms with E-state index in [9.17, 15) is 0 Å². The summed E-state index contributed by atoms with van der Waals surface area (Å²) in [6.45, 7) is 7.93. The Labute approximate surface area is 153 Å². The van der Waals surface area contributed by atoms with Gasteiger partial charge in [0, 0.05) is 13.1 Å². The second-order valence-electron chi connectivity index (χ2n) is 6.61. The Bertz CT molecular complexity index is 911. The van der Waals surface area contributed by atoms with Crippen LogP contribution in [0.2, 0.25) is 0 Å². The van der Waals surface area contributed by atoms with Crippen LogP contribution < -0.4 is 4.90 Å². The third kappa shape index (κ3) is 2.89. The van der Waals surface area contributed by atoms with E-state index in [0.717, 1.165) is 47.5 Å². The Morgan fingerprint density at radius 3 is 2.27 bits per heavy atom. The van der Waals surface area contributed by atoms with E-state index in [-0.39, 0.29) is 0 Å². The maximum absolute atomic E-state index is 4.81. The van der Waals surface area contributed by atoms with Crippen molar-refractivity contribution in [3.63, 3.8) is 0 Å². The van der Waals surface area contributed by atoms with E-state index < -0.39 is 0 Å². The van der Waals surface area contributed by atoms with Crippen molar-refractivity contribution in [3.05, 3.63) is 53.2 Å². The summed E-state index contributed by atoms with van der Waals surface area (Å²) >= 11 is 0. The number of nitrogens with zero attached hydrogens (tertiary/aromatic N) is 7. The number of hydrogen-bond acceptors (Lipinski definition) is 5. The number of benzene rings is 1. The van der Waals surface area contributed by atoms with E-state index >= 15 is 0 Å². The molecule has 0 spiro atoms. The topological polar surface area (TPSA) is 64.1 Å². The van der Waals surface area contributed by atoms with E-state index in [2.05, 4.69) is 32.3 Å². The smallest absolute Gasteiger partial charge is 0.151 e. The lowest BCUT2D eigenvalue weighted by Gasteiger charge is -2.20. The lowest BCUT2D eigenvalue weighted by Crippen LogP contribution is -2.22. The van der Waals surface area contributed by atoms with Crippen molar-refractivity contribution in [3.8, 4) is 5.69 Å². The predicted molar refractivity (Wildman–Crippen MR) is 102 cm³/mol. The number of rotatable bonds is 4. The Kier molecular flexibility index (Phi) is 4.28. The summed E-state index contributed by atoms with van der Waals surface area (Å²) in [7, 11) is 0. The molecule has 7 heteroatoms. The van der Waals surface area contributed by atoms with Crippen LogP contribution in [0.3, 0.4) is 0 Å². The van der Waals surface area contributed by atoms with Crippen LogP contribution in [0.4, 0.5) is 5.82 Å². The van der Waals surface area contributed by atoms with Gasteiger partial charge in [-0.3, -0.25) is 0 Å². The van der Waals surface area contributed by atoms with Gasteiger partial charge >= 0.3 is 0 Å². The fourth-order valence-electron chi connectivity index (χ4n) is 3.41. The SMILES string of the molecule is Cc1nn(-c2ccccc2)c(N2CCCC2)c1/C=N/n1c(C)nnc1C. The Morgan fingerprint density at radius 2 is 1.62 bits per heavy atom. The van der Waals surface area contributed by atoms with Gasteiger partial charge < -0.3 is 4.90 Å². The van der Waals surface area contributed by atoms with Gasteiger partial charge in [0.1, 0.15) is 5.82 Å². The number of aromatic nitrogens is 5. The van der Waals surface area contributed by atoms with Gasteiger partial charge in [0.25, 0.3) is 0 Å². The molecule has 1 aliphatic heterocycles. The summed E-state index contributed by atoms with van der Waals surface area (Å²) in [5, 5.41) is 17.6. The van der Waals surface area contributed by atoms with Crippen LogP contribution in [0.15, 0.2) is 35.4 Å². The number of anilines is 1. The average molecular weight is 349 g/mol. The number of aryl methyl sites for hydroxylation is 3. The van der Waals surface area contributed by atoms with Crippen LogP contribution in [0.5, 0.6) is 0 Å². The fourth-order valence-corrected chi connectivity index (χ4v) is 3.41. The van der Waals surface area contributed by atoms with Crippen molar-refractivity contribution >= 4 is 12.0 Å². The van der Waals surface area contributed by atoms with E-state index in [1.54, 1.807) is 4.68 Å². The Hall–Kier alpha value is -2.96. The molecule has 3 aromatic rings. The summed E-state index contributed by atoms with van der Waals surface area (Å²) in [5.41, 5.74) is 3.07. The molecular weight excluding hydrogens is 326 g/mol. The first-order chi connectivity index (χ1) is 12.6. The molecule has 0 radical (unpaired) electrons. The average Bonchev–Trinajstić information content (AvgIpc) is 3.35. The Morgan fingerprint density at radius 1 is 0.962 bits per heavy atom. The van der Waals surface area contributed by atoms with Gasteiger partial charge in [-0.15, -0.1) is 10.2 Å². The molecule has 0 aliphatic carbocycles. The summed E-state index contributed by atoms with van der Waals surface area (Å²) in [4.78, 5) is 2.40. The van der Waals surface area contributed by atoms with E-state index in [4.69, 9.17) is 5.10 Å². The highest BCUT2D eigenvalue weighted by atomic mass is 15.4. The van der Waals surface area contributed by atoms with E-state index in [0.29, 0.717) is 0 Å². The molecule has 0 bridgehead atoms. The number of para-hydroxylation sites is 1. The van der Waals surface area contributed by atoms with Gasteiger partial charge in [-0.2, -0.15) is 10.2 Å². The third-order valence-electron chi connectivity index (χ3n) is 4.74. The van der Waals surface area contributed by atoms with Gasteiger partial charge in [-0.05, 0) is 45.7 Å². The van der Waals surface area contributed by atoms with E-state index in [1.165, 1.54) is 12.8 Å². The molecule has 4 rings (SSSR count). The first-order valence-electron chi connectivity index (χ1n) is 8.98. The molecule has 134 valence electrons. The van der Waals surface area contributed by atoms with E-state index in [1.807, 2.05) is 49.9 Å². The molecule has 0 atom stereocenters. The van der Waals surface area contributed by atoms with Gasteiger partial charge in [0.15, 0.2) is 11.6 Å². The zero-order valence-electron chi connectivity index (χ0n) is 15.4. The van der Waals surface area contributed by atoms with Crippen molar-refractivity contribution in [1.29, 1.82) is 0 Å². The van der Waals surface area contributed by atoms with Crippen molar-refractivity contribution in [2.45, 2.75) is 33.6 Å². The molecule has 0 unspecified atom stereocenters. The van der Waals surface area contributed by atoms with Crippen LogP contribution >= 0.6 is 0 Å². The molecule has 1 aromatic carbocycles. The number of hydrogen-bond donors (Lipinski definition) is 0. The summed E-state index contributed by atoms with van der Waals surface area (Å²) in [6.07, 6.45) is 4.30. The molecular formula is C19H23N7. The molecule has 7 nitrogen and oxygen atoms in total. The minimum atomic E-state index is 0.773. The quantitative estimate of drug-likeness (QED) is 0.680. The zero-order chi connectivity index (χ0) is 18.1. The predicted octanol–water partition coefficient (Wildman–Crippen LogP) is 2.87. The highest BCUT2D eigenvalue weighted by Crippen LogP contribution is 2.29. The van der Waals surface area contributed by atoms with Crippen LogP contribution in [0.1, 0.15) is 35.7 Å². The Balaban J connectivity index is 1.82. The minimum absolute atomic E-state index is 0.773. The van der Waals surface area contributed by atoms with Crippen LogP contribution in [0, 0.1) is 20.8 Å². The summed E-state index contributed by atoms with van der Waals surface area (Å²) in [6, 6.07) is 10.3. The first-order valence-corrected chi connectivity index (χ1v) is 8.98. The highest BCUT2D eigenvalue weighted by molar-refractivity contribution is 5.89. The van der Waals surface area contributed by atoms with Gasteiger partial charge in [-0.1, -0.05) is 18.2 Å². The van der Waals surface area contributed by atoms with Gasteiger partial charge in [0.2, 0.25) is 0 Å². The summed E-state index contributed by atoms with van der Waals surface area (Å²) in [5.74, 6) is 2.66. The highest BCUT2D eigenvalue weighted by Gasteiger charge is 2.23. The van der Waals surface area contributed by atoms with Gasteiger partial charge in [-0.25, -0.2) is 9.36 Å². The second-order valence-corrected chi connectivity index (χ2v) is 6.61. The molecule has 26 heavy (non-hydrogen) atoms. The second kappa shape index (κ2) is 6.74. The maximum Gasteiger partial charge on any atom is 0.151 e. The normalized spacial score (nSPS) is 14.7.